The highest BCUT2D eigenvalue weighted by Gasteiger charge is 2.24. The Morgan fingerprint density at radius 1 is 1.57 bits per heavy atom. The molecule has 0 aromatic carbocycles. The summed E-state index contributed by atoms with van der Waals surface area (Å²) in [5.41, 5.74) is 5.83. The lowest BCUT2D eigenvalue weighted by Gasteiger charge is -2.06. The van der Waals surface area contributed by atoms with Gasteiger partial charge in [-0.25, -0.2) is 4.68 Å². The first-order valence-corrected chi connectivity index (χ1v) is 5.27. The maximum absolute atomic E-state index is 6.06. The zero-order valence-corrected chi connectivity index (χ0v) is 9.17. The molecule has 0 saturated heterocycles. The van der Waals surface area contributed by atoms with E-state index < -0.39 is 0 Å². The maximum atomic E-state index is 6.06. The molecular weight excluding hydrogens is 200 g/mol. The van der Waals surface area contributed by atoms with E-state index in [2.05, 4.69) is 10.4 Å². The van der Waals surface area contributed by atoms with Crippen molar-refractivity contribution in [3.8, 4) is 0 Å². The average Bonchev–Trinajstić information content (AvgIpc) is 2.88. The monoisotopic (exact) mass is 214 g/mol. The molecule has 0 bridgehead atoms. The molecule has 14 heavy (non-hydrogen) atoms. The van der Waals surface area contributed by atoms with Gasteiger partial charge in [0, 0.05) is 12.1 Å². The van der Waals surface area contributed by atoms with Gasteiger partial charge in [0.15, 0.2) is 5.82 Å². The number of rotatable bonds is 3. The smallest absolute Gasteiger partial charge is 0.169 e. The summed E-state index contributed by atoms with van der Waals surface area (Å²) >= 11 is 6.06. The third-order valence-corrected chi connectivity index (χ3v) is 2.67. The summed E-state index contributed by atoms with van der Waals surface area (Å²) in [6.45, 7) is 4.06. The van der Waals surface area contributed by atoms with Gasteiger partial charge in [-0.3, -0.25) is 0 Å². The van der Waals surface area contributed by atoms with E-state index >= 15 is 0 Å². The fourth-order valence-electron chi connectivity index (χ4n) is 1.33. The molecule has 1 aromatic heterocycles. The molecule has 1 saturated carbocycles. The van der Waals surface area contributed by atoms with Crippen molar-refractivity contribution in [1.82, 2.24) is 9.78 Å². The Hall–Kier alpha value is -0.900. The number of hydrogen-bond donors (Lipinski definition) is 2. The lowest BCUT2D eigenvalue weighted by atomic mass is 10.4. The van der Waals surface area contributed by atoms with Crippen LogP contribution in [0.5, 0.6) is 0 Å². The number of nitrogens with two attached hydrogens (primary N) is 1. The normalized spacial score (nSPS) is 16.3. The lowest BCUT2D eigenvalue weighted by Crippen LogP contribution is -2.07. The summed E-state index contributed by atoms with van der Waals surface area (Å²) in [5, 5.41) is 8.14. The van der Waals surface area contributed by atoms with E-state index in [0.29, 0.717) is 16.9 Å². The van der Waals surface area contributed by atoms with Crippen LogP contribution in [0.15, 0.2) is 0 Å². The zero-order chi connectivity index (χ0) is 10.3. The van der Waals surface area contributed by atoms with Crippen LogP contribution in [0.3, 0.4) is 0 Å². The Bertz CT molecular complexity index is 341. The van der Waals surface area contributed by atoms with E-state index in [1.165, 1.54) is 12.8 Å². The first kappa shape index (κ1) is 9.65. The summed E-state index contributed by atoms with van der Waals surface area (Å²) in [6.07, 6.45) is 2.40. The van der Waals surface area contributed by atoms with Crippen molar-refractivity contribution in [2.24, 2.45) is 0 Å². The van der Waals surface area contributed by atoms with Crippen LogP contribution in [0, 0.1) is 0 Å². The van der Waals surface area contributed by atoms with Gasteiger partial charge in [-0.15, -0.1) is 0 Å². The fourth-order valence-corrected chi connectivity index (χ4v) is 1.51. The van der Waals surface area contributed by atoms with Crippen LogP contribution < -0.4 is 11.1 Å². The molecule has 1 heterocycles. The van der Waals surface area contributed by atoms with Crippen molar-refractivity contribution < 1.29 is 0 Å². The fraction of sp³-hybridized carbons (Fsp3) is 0.667. The van der Waals surface area contributed by atoms with E-state index in [0.717, 1.165) is 5.82 Å². The zero-order valence-electron chi connectivity index (χ0n) is 8.42. The Morgan fingerprint density at radius 2 is 2.21 bits per heavy atom. The molecule has 0 radical (unpaired) electrons. The molecule has 0 aliphatic heterocycles. The number of nitrogens with zero attached hydrogens (tertiary/aromatic N) is 2. The molecule has 1 aliphatic rings. The molecule has 5 heteroatoms. The van der Waals surface area contributed by atoms with Crippen molar-refractivity contribution in [2.75, 3.05) is 11.1 Å². The highest BCUT2D eigenvalue weighted by atomic mass is 35.5. The molecule has 0 unspecified atom stereocenters. The van der Waals surface area contributed by atoms with Gasteiger partial charge >= 0.3 is 0 Å². The molecular formula is C9H15ClN4. The minimum absolute atomic E-state index is 0.238. The van der Waals surface area contributed by atoms with Gasteiger partial charge in [0.2, 0.25) is 0 Å². The molecule has 0 spiro atoms. The second-order valence-corrected chi connectivity index (χ2v) is 4.38. The standard InChI is InChI=1S/C9H15ClN4/c1-5(2)14-8(11)7(10)9(13-14)12-6-3-4-6/h5-6H,3-4,11H2,1-2H3,(H,12,13). The summed E-state index contributed by atoms with van der Waals surface area (Å²) < 4.78 is 1.74. The van der Waals surface area contributed by atoms with Gasteiger partial charge in [0.05, 0.1) is 0 Å². The molecule has 0 amide bonds. The van der Waals surface area contributed by atoms with Crippen LogP contribution in [0.25, 0.3) is 0 Å². The number of anilines is 2. The predicted molar refractivity (Wildman–Crippen MR) is 58.7 cm³/mol. The Kier molecular flexibility index (Phi) is 2.31. The van der Waals surface area contributed by atoms with Crippen molar-refractivity contribution in [3.63, 3.8) is 0 Å². The van der Waals surface area contributed by atoms with Crippen LogP contribution in [-0.2, 0) is 0 Å². The summed E-state index contributed by atoms with van der Waals surface area (Å²) in [6, 6.07) is 0.782. The predicted octanol–water partition coefficient (Wildman–Crippen LogP) is 2.27. The topological polar surface area (TPSA) is 55.9 Å². The van der Waals surface area contributed by atoms with Gasteiger partial charge in [-0.1, -0.05) is 11.6 Å². The quantitative estimate of drug-likeness (QED) is 0.812. The summed E-state index contributed by atoms with van der Waals surface area (Å²) in [5.74, 6) is 1.27. The summed E-state index contributed by atoms with van der Waals surface area (Å²) in [4.78, 5) is 0. The number of hydrogen-bond acceptors (Lipinski definition) is 3. The van der Waals surface area contributed by atoms with E-state index in [1.54, 1.807) is 4.68 Å². The van der Waals surface area contributed by atoms with Crippen LogP contribution in [0.2, 0.25) is 5.02 Å². The molecule has 1 aliphatic carbocycles. The summed E-state index contributed by atoms with van der Waals surface area (Å²) in [7, 11) is 0. The second kappa shape index (κ2) is 3.35. The van der Waals surface area contributed by atoms with Gasteiger partial charge in [-0.05, 0) is 26.7 Å². The number of nitrogens with one attached hydrogen (secondary N) is 1. The first-order chi connectivity index (χ1) is 6.59. The van der Waals surface area contributed by atoms with E-state index in [-0.39, 0.29) is 6.04 Å². The van der Waals surface area contributed by atoms with Gasteiger partial charge in [0.1, 0.15) is 10.8 Å². The number of aromatic nitrogens is 2. The Labute approximate surface area is 88.4 Å². The van der Waals surface area contributed by atoms with E-state index in [4.69, 9.17) is 17.3 Å². The maximum Gasteiger partial charge on any atom is 0.169 e. The third kappa shape index (κ3) is 1.66. The third-order valence-electron chi connectivity index (χ3n) is 2.29. The first-order valence-electron chi connectivity index (χ1n) is 4.89. The van der Waals surface area contributed by atoms with Crippen LogP contribution in [-0.4, -0.2) is 15.8 Å². The van der Waals surface area contributed by atoms with Crippen molar-refractivity contribution >= 4 is 23.2 Å². The average molecular weight is 215 g/mol. The Balaban J connectivity index is 2.26. The number of halogens is 1. The number of nitrogen functional groups attached to an aromatic ring is 1. The molecule has 1 fully saturated rings. The van der Waals surface area contributed by atoms with Crippen molar-refractivity contribution in [1.29, 1.82) is 0 Å². The van der Waals surface area contributed by atoms with Gasteiger partial charge < -0.3 is 11.1 Å². The van der Waals surface area contributed by atoms with Crippen LogP contribution in [0.4, 0.5) is 11.6 Å². The second-order valence-electron chi connectivity index (χ2n) is 4.00. The molecule has 78 valence electrons. The molecule has 2 rings (SSSR count). The van der Waals surface area contributed by atoms with Crippen molar-refractivity contribution in [3.05, 3.63) is 5.02 Å². The Morgan fingerprint density at radius 3 is 2.64 bits per heavy atom. The highest BCUT2D eigenvalue weighted by Crippen LogP contribution is 2.33. The van der Waals surface area contributed by atoms with Crippen molar-refractivity contribution in [2.45, 2.75) is 38.8 Å². The SMILES string of the molecule is CC(C)n1nc(NC2CC2)c(Cl)c1N. The van der Waals surface area contributed by atoms with E-state index in [9.17, 15) is 0 Å². The molecule has 4 nitrogen and oxygen atoms in total. The molecule has 0 atom stereocenters. The minimum Gasteiger partial charge on any atom is -0.383 e. The molecule has 1 aromatic rings. The largest absolute Gasteiger partial charge is 0.383 e. The van der Waals surface area contributed by atoms with E-state index in [1.807, 2.05) is 13.8 Å². The molecule has 3 N–H and O–H groups in total. The highest BCUT2D eigenvalue weighted by molar-refractivity contribution is 6.35. The lowest BCUT2D eigenvalue weighted by molar-refractivity contribution is 0.542. The van der Waals surface area contributed by atoms with Crippen LogP contribution >= 0.6 is 11.6 Å². The van der Waals surface area contributed by atoms with Crippen LogP contribution in [0.1, 0.15) is 32.7 Å². The van der Waals surface area contributed by atoms with Gasteiger partial charge in [0.25, 0.3) is 0 Å². The van der Waals surface area contributed by atoms with Gasteiger partial charge in [-0.2, -0.15) is 5.10 Å². The minimum atomic E-state index is 0.238.